The maximum atomic E-state index is 11.4. The van der Waals surface area contributed by atoms with E-state index in [4.69, 9.17) is 10.8 Å². The van der Waals surface area contributed by atoms with Gasteiger partial charge in [0.15, 0.2) is 0 Å². The topological polar surface area (TPSA) is 101 Å². The van der Waals surface area contributed by atoms with Crippen LogP contribution < -0.4 is 5.73 Å². The van der Waals surface area contributed by atoms with Gasteiger partial charge in [-0.1, -0.05) is 69.6 Å². The first-order valence-electron chi connectivity index (χ1n) is 11.4. The Kier molecular flexibility index (Phi) is 10.8. The maximum absolute atomic E-state index is 11.4. The van der Waals surface area contributed by atoms with Gasteiger partial charge in [0.1, 0.15) is 0 Å². The molecule has 4 N–H and O–H groups in total. The molecule has 0 heterocycles. The largest absolute Gasteiger partial charge is 0.478 e. The zero-order valence-corrected chi connectivity index (χ0v) is 18.3. The number of benzene rings is 2. The Hall–Kier alpha value is -2.66. The minimum absolute atomic E-state index is 0.242. The summed E-state index contributed by atoms with van der Waals surface area (Å²) in [4.78, 5) is 22.5. The summed E-state index contributed by atoms with van der Waals surface area (Å²) >= 11 is 0. The molecule has 2 aromatic carbocycles. The van der Waals surface area contributed by atoms with E-state index >= 15 is 0 Å². The number of carbonyl (C=O) groups is 2. The molecule has 0 saturated heterocycles. The van der Waals surface area contributed by atoms with Crippen LogP contribution in [-0.4, -0.2) is 28.7 Å². The first-order chi connectivity index (χ1) is 15.0. The Morgan fingerprint density at radius 2 is 1.13 bits per heavy atom. The van der Waals surface area contributed by atoms with E-state index in [-0.39, 0.29) is 11.1 Å². The molecule has 5 nitrogen and oxygen atoms in total. The van der Waals surface area contributed by atoms with Gasteiger partial charge in [-0.05, 0) is 66.8 Å². The number of nitrogens with two attached hydrogens (primary N) is 1. The molecule has 5 heteroatoms. The number of unbranched alkanes of at least 4 members (excludes halogenated alkanes) is 9. The highest BCUT2D eigenvalue weighted by Gasteiger charge is 2.11. The normalized spacial score (nSPS) is 10.9. The zero-order valence-electron chi connectivity index (χ0n) is 18.3. The molecule has 2 rings (SSSR count). The van der Waals surface area contributed by atoms with Crippen molar-refractivity contribution in [1.82, 2.24) is 0 Å². The first kappa shape index (κ1) is 24.6. The van der Waals surface area contributed by atoms with Crippen molar-refractivity contribution in [3.8, 4) is 11.1 Å². The van der Waals surface area contributed by atoms with Crippen molar-refractivity contribution in [3.05, 3.63) is 59.2 Å². The van der Waals surface area contributed by atoms with Crippen molar-refractivity contribution < 1.29 is 19.8 Å². The monoisotopic (exact) mass is 425 g/mol. The van der Waals surface area contributed by atoms with Gasteiger partial charge in [-0.15, -0.1) is 0 Å². The smallest absolute Gasteiger partial charge is 0.335 e. The van der Waals surface area contributed by atoms with Crippen molar-refractivity contribution in [1.29, 1.82) is 0 Å². The molecule has 0 atom stereocenters. The second-order valence-corrected chi connectivity index (χ2v) is 8.13. The lowest BCUT2D eigenvalue weighted by atomic mass is 9.93. The third kappa shape index (κ3) is 8.54. The van der Waals surface area contributed by atoms with Gasteiger partial charge in [-0.2, -0.15) is 0 Å². The summed E-state index contributed by atoms with van der Waals surface area (Å²) in [5.74, 6) is -1.89. The van der Waals surface area contributed by atoms with Crippen LogP contribution in [0.15, 0.2) is 42.5 Å². The molecule has 0 aliphatic heterocycles. The van der Waals surface area contributed by atoms with Gasteiger partial charge in [0, 0.05) is 0 Å². The Balaban J connectivity index is 1.87. The molecule has 0 saturated carbocycles. The van der Waals surface area contributed by atoms with Gasteiger partial charge < -0.3 is 15.9 Å². The Morgan fingerprint density at radius 1 is 0.645 bits per heavy atom. The minimum Gasteiger partial charge on any atom is -0.478 e. The van der Waals surface area contributed by atoms with Crippen LogP contribution in [0.1, 0.15) is 90.5 Å². The molecule has 0 aliphatic rings. The molecule has 0 aliphatic carbocycles. The molecule has 0 fully saturated rings. The fraction of sp³-hybridized carbons (Fsp3) is 0.462. The van der Waals surface area contributed by atoms with E-state index in [1.165, 1.54) is 44.9 Å². The molecule has 0 amide bonds. The molecular weight excluding hydrogens is 390 g/mol. The van der Waals surface area contributed by atoms with Crippen molar-refractivity contribution >= 4 is 11.9 Å². The molecule has 0 aromatic heterocycles. The Bertz CT molecular complexity index is 830. The minimum atomic E-state index is -0.955. The van der Waals surface area contributed by atoms with Crippen LogP contribution in [0.3, 0.4) is 0 Å². The Morgan fingerprint density at radius 3 is 1.65 bits per heavy atom. The van der Waals surface area contributed by atoms with E-state index in [1.54, 1.807) is 36.4 Å². The molecule has 0 spiro atoms. The zero-order chi connectivity index (χ0) is 22.5. The number of hydrogen-bond donors (Lipinski definition) is 3. The van der Waals surface area contributed by atoms with E-state index < -0.39 is 11.9 Å². The maximum Gasteiger partial charge on any atom is 0.335 e. The third-order valence-corrected chi connectivity index (χ3v) is 5.70. The highest BCUT2D eigenvalue weighted by Crippen LogP contribution is 2.27. The number of aromatic carboxylic acids is 2. The lowest BCUT2D eigenvalue weighted by Gasteiger charge is -2.12. The second kappa shape index (κ2) is 13.6. The van der Waals surface area contributed by atoms with E-state index in [0.717, 1.165) is 48.9 Å². The van der Waals surface area contributed by atoms with E-state index in [9.17, 15) is 14.7 Å². The van der Waals surface area contributed by atoms with Crippen LogP contribution in [-0.2, 0) is 6.42 Å². The van der Waals surface area contributed by atoms with E-state index in [1.807, 2.05) is 6.07 Å². The average Bonchev–Trinajstić information content (AvgIpc) is 2.77. The van der Waals surface area contributed by atoms with Gasteiger partial charge in [0.25, 0.3) is 0 Å². The molecule has 0 unspecified atom stereocenters. The summed E-state index contributed by atoms with van der Waals surface area (Å²) in [7, 11) is 0. The molecule has 2 aromatic rings. The lowest BCUT2D eigenvalue weighted by molar-refractivity contribution is 0.0686. The van der Waals surface area contributed by atoms with Gasteiger partial charge in [-0.3, -0.25) is 0 Å². The highest BCUT2D eigenvalue weighted by atomic mass is 16.4. The van der Waals surface area contributed by atoms with Crippen LogP contribution in [0.2, 0.25) is 0 Å². The van der Waals surface area contributed by atoms with Crippen molar-refractivity contribution in [2.75, 3.05) is 6.54 Å². The quantitative estimate of drug-likeness (QED) is 0.297. The fourth-order valence-electron chi connectivity index (χ4n) is 3.88. The van der Waals surface area contributed by atoms with Gasteiger partial charge in [0.2, 0.25) is 0 Å². The van der Waals surface area contributed by atoms with Gasteiger partial charge in [0.05, 0.1) is 11.1 Å². The summed E-state index contributed by atoms with van der Waals surface area (Å²) in [6, 6.07) is 11.9. The predicted octanol–water partition coefficient (Wildman–Crippen LogP) is 6.15. The number of carboxylic acid groups (broad SMARTS) is 2. The highest BCUT2D eigenvalue weighted by molar-refractivity contribution is 5.90. The summed E-state index contributed by atoms with van der Waals surface area (Å²) in [6.07, 6.45) is 12.9. The van der Waals surface area contributed by atoms with Crippen LogP contribution in [0.25, 0.3) is 11.1 Å². The number of rotatable bonds is 15. The van der Waals surface area contributed by atoms with Crippen LogP contribution >= 0.6 is 0 Å². The van der Waals surface area contributed by atoms with Gasteiger partial charge in [-0.25, -0.2) is 9.59 Å². The standard InChI is InChI=1S/C26H35NO4/c27-18-10-8-6-4-2-1-3-5-7-9-11-22-19-23(26(30)31)16-17-24(22)20-12-14-21(15-13-20)25(28)29/h12-17,19H,1-11,18,27H2,(H,28,29)(H,30,31). The molecule has 31 heavy (non-hydrogen) atoms. The Labute approximate surface area is 185 Å². The SMILES string of the molecule is NCCCCCCCCCCCCc1cc(C(=O)O)ccc1-c1ccc(C(=O)O)cc1. The second-order valence-electron chi connectivity index (χ2n) is 8.13. The van der Waals surface area contributed by atoms with Crippen molar-refractivity contribution in [2.45, 2.75) is 70.6 Å². The van der Waals surface area contributed by atoms with E-state index in [2.05, 4.69) is 0 Å². The number of hydrogen-bond acceptors (Lipinski definition) is 3. The first-order valence-corrected chi connectivity index (χ1v) is 11.4. The van der Waals surface area contributed by atoms with Crippen LogP contribution in [0.5, 0.6) is 0 Å². The number of aryl methyl sites for hydroxylation is 1. The third-order valence-electron chi connectivity index (χ3n) is 5.70. The molecule has 0 radical (unpaired) electrons. The van der Waals surface area contributed by atoms with Gasteiger partial charge >= 0.3 is 11.9 Å². The van der Waals surface area contributed by atoms with Crippen molar-refractivity contribution in [3.63, 3.8) is 0 Å². The molecular formula is C26H35NO4. The van der Waals surface area contributed by atoms with E-state index in [0.29, 0.717) is 0 Å². The van der Waals surface area contributed by atoms with Crippen LogP contribution in [0, 0.1) is 0 Å². The summed E-state index contributed by atoms with van der Waals surface area (Å²) in [5, 5.41) is 18.5. The molecule has 0 bridgehead atoms. The summed E-state index contributed by atoms with van der Waals surface area (Å²) in [6.45, 7) is 0.796. The lowest BCUT2D eigenvalue weighted by Crippen LogP contribution is -2.00. The average molecular weight is 426 g/mol. The predicted molar refractivity (Wildman–Crippen MR) is 125 cm³/mol. The number of carboxylic acids is 2. The van der Waals surface area contributed by atoms with Crippen molar-refractivity contribution in [2.24, 2.45) is 5.73 Å². The summed E-state index contributed by atoms with van der Waals surface area (Å²) in [5.41, 5.74) is 8.92. The summed E-state index contributed by atoms with van der Waals surface area (Å²) < 4.78 is 0. The van der Waals surface area contributed by atoms with Crippen LogP contribution in [0.4, 0.5) is 0 Å². The molecule has 168 valence electrons. The fourth-order valence-corrected chi connectivity index (χ4v) is 3.88.